The SMILES string of the molecule is C/C(=C\C1=CCC2CC1C2(C)C)c1ccccc1. The zero-order chi connectivity index (χ0) is 12.8. The molecule has 2 atom stereocenters. The van der Waals surface area contributed by atoms with Crippen LogP contribution in [0.3, 0.4) is 0 Å². The molecule has 0 nitrogen and oxygen atoms in total. The van der Waals surface area contributed by atoms with E-state index in [0.29, 0.717) is 5.41 Å². The van der Waals surface area contributed by atoms with Gasteiger partial charge in [-0.3, -0.25) is 0 Å². The number of hydrogen-bond donors (Lipinski definition) is 0. The van der Waals surface area contributed by atoms with Gasteiger partial charge in [0.1, 0.15) is 0 Å². The fourth-order valence-electron chi connectivity index (χ4n) is 3.60. The Bertz CT molecular complexity index is 502. The van der Waals surface area contributed by atoms with E-state index in [0.717, 1.165) is 11.8 Å². The fraction of sp³-hybridized carbons (Fsp3) is 0.444. The van der Waals surface area contributed by atoms with Crippen molar-refractivity contribution in [3.63, 3.8) is 0 Å². The van der Waals surface area contributed by atoms with Gasteiger partial charge in [-0.25, -0.2) is 0 Å². The molecule has 0 radical (unpaired) electrons. The van der Waals surface area contributed by atoms with Crippen LogP contribution in [0, 0.1) is 17.3 Å². The lowest BCUT2D eigenvalue weighted by Gasteiger charge is -2.56. The highest BCUT2D eigenvalue weighted by atomic mass is 14.5. The Balaban J connectivity index is 1.87. The van der Waals surface area contributed by atoms with Crippen molar-refractivity contribution in [3.8, 4) is 0 Å². The Kier molecular flexibility index (Phi) is 2.69. The molecule has 0 N–H and O–H groups in total. The number of benzene rings is 1. The minimum absolute atomic E-state index is 0.525. The second kappa shape index (κ2) is 4.12. The van der Waals surface area contributed by atoms with Gasteiger partial charge in [-0.1, -0.05) is 56.3 Å². The summed E-state index contributed by atoms with van der Waals surface area (Å²) in [6.07, 6.45) is 7.56. The number of rotatable bonds is 2. The number of hydrogen-bond acceptors (Lipinski definition) is 0. The van der Waals surface area contributed by atoms with E-state index in [4.69, 9.17) is 0 Å². The van der Waals surface area contributed by atoms with Gasteiger partial charge in [0.2, 0.25) is 0 Å². The summed E-state index contributed by atoms with van der Waals surface area (Å²) in [6.45, 7) is 7.10. The summed E-state index contributed by atoms with van der Waals surface area (Å²) in [5.41, 5.74) is 4.84. The summed E-state index contributed by atoms with van der Waals surface area (Å²) in [4.78, 5) is 0. The first kappa shape index (κ1) is 11.8. The van der Waals surface area contributed by atoms with Gasteiger partial charge in [0.15, 0.2) is 0 Å². The van der Waals surface area contributed by atoms with Gasteiger partial charge in [-0.2, -0.15) is 0 Å². The molecular weight excluding hydrogens is 216 g/mol. The first-order valence-electron chi connectivity index (χ1n) is 7.03. The van der Waals surface area contributed by atoms with E-state index in [1.165, 1.54) is 24.0 Å². The fourth-order valence-corrected chi connectivity index (χ4v) is 3.60. The van der Waals surface area contributed by atoms with Gasteiger partial charge >= 0.3 is 0 Å². The average Bonchev–Trinajstić information content (AvgIpc) is 2.39. The number of fused-ring (bicyclic) bond motifs is 1. The van der Waals surface area contributed by atoms with Crippen LogP contribution in [0.1, 0.15) is 39.2 Å². The molecular formula is C18H22. The summed E-state index contributed by atoms with van der Waals surface area (Å²) in [7, 11) is 0. The van der Waals surface area contributed by atoms with Crippen LogP contribution in [-0.4, -0.2) is 0 Å². The normalized spacial score (nSPS) is 29.5. The molecule has 3 aliphatic rings. The molecule has 2 bridgehead atoms. The molecule has 0 spiro atoms. The van der Waals surface area contributed by atoms with E-state index in [-0.39, 0.29) is 0 Å². The minimum atomic E-state index is 0.525. The first-order valence-corrected chi connectivity index (χ1v) is 7.03. The second-order valence-corrected chi connectivity index (χ2v) is 6.44. The molecule has 4 rings (SSSR count). The van der Waals surface area contributed by atoms with E-state index >= 15 is 0 Å². The Morgan fingerprint density at radius 1 is 1.22 bits per heavy atom. The smallest absolute Gasteiger partial charge is 0.0108 e. The molecule has 1 fully saturated rings. The van der Waals surface area contributed by atoms with Crippen LogP contribution in [-0.2, 0) is 0 Å². The third kappa shape index (κ3) is 1.75. The first-order chi connectivity index (χ1) is 8.59. The average molecular weight is 238 g/mol. The largest absolute Gasteiger partial charge is 0.0807 e. The van der Waals surface area contributed by atoms with E-state index in [1.54, 1.807) is 5.57 Å². The predicted molar refractivity (Wildman–Crippen MR) is 78.2 cm³/mol. The highest BCUT2D eigenvalue weighted by Crippen LogP contribution is 2.59. The minimum Gasteiger partial charge on any atom is -0.0807 e. The van der Waals surface area contributed by atoms with Crippen LogP contribution in [0.2, 0.25) is 0 Å². The molecule has 94 valence electrons. The zero-order valence-corrected chi connectivity index (χ0v) is 11.6. The van der Waals surface area contributed by atoms with Gasteiger partial charge in [0.05, 0.1) is 0 Å². The van der Waals surface area contributed by atoms with Gasteiger partial charge in [-0.05, 0) is 53.7 Å². The Labute approximate surface area is 110 Å². The quantitative estimate of drug-likeness (QED) is 0.674. The van der Waals surface area contributed by atoms with E-state index < -0.39 is 0 Å². The standard InChI is InChI=1S/C18H22/c1-13(14-7-5-4-6-8-14)11-15-9-10-16-12-17(15)18(16,2)3/h4-9,11,16-17H,10,12H2,1-3H3/b13-11+. The third-order valence-corrected chi connectivity index (χ3v) is 5.12. The van der Waals surface area contributed by atoms with Crippen molar-refractivity contribution in [2.45, 2.75) is 33.6 Å². The lowest BCUT2D eigenvalue weighted by atomic mass is 9.49. The van der Waals surface area contributed by atoms with Crippen LogP contribution in [0.25, 0.3) is 5.57 Å². The summed E-state index contributed by atoms with van der Waals surface area (Å²) in [5.74, 6) is 1.71. The van der Waals surface area contributed by atoms with E-state index in [2.05, 4.69) is 63.3 Å². The molecule has 0 heterocycles. The van der Waals surface area contributed by atoms with Gasteiger partial charge in [0.25, 0.3) is 0 Å². The van der Waals surface area contributed by atoms with Crippen LogP contribution >= 0.6 is 0 Å². The highest BCUT2D eigenvalue weighted by Gasteiger charge is 2.50. The molecule has 0 aliphatic heterocycles. The monoisotopic (exact) mass is 238 g/mol. The highest BCUT2D eigenvalue weighted by molar-refractivity contribution is 5.66. The maximum Gasteiger partial charge on any atom is -0.0108 e. The van der Waals surface area contributed by atoms with Crippen LogP contribution < -0.4 is 0 Å². The van der Waals surface area contributed by atoms with Crippen molar-refractivity contribution in [1.29, 1.82) is 0 Å². The molecule has 0 saturated heterocycles. The van der Waals surface area contributed by atoms with Crippen molar-refractivity contribution < 1.29 is 0 Å². The van der Waals surface area contributed by atoms with Gasteiger partial charge in [-0.15, -0.1) is 0 Å². The van der Waals surface area contributed by atoms with Crippen molar-refractivity contribution in [3.05, 3.63) is 53.6 Å². The maximum absolute atomic E-state index is 2.47. The van der Waals surface area contributed by atoms with Gasteiger partial charge in [0, 0.05) is 0 Å². The third-order valence-electron chi connectivity index (χ3n) is 5.12. The van der Waals surface area contributed by atoms with Crippen LogP contribution in [0.4, 0.5) is 0 Å². The Morgan fingerprint density at radius 2 is 1.94 bits per heavy atom. The molecule has 0 aromatic heterocycles. The number of allylic oxidation sites excluding steroid dienone is 4. The second-order valence-electron chi connectivity index (χ2n) is 6.44. The van der Waals surface area contributed by atoms with E-state index in [9.17, 15) is 0 Å². The van der Waals surface area contributed by atoms with Crippen molar-refractivity contribution in [1.82, 2.24) is 0 Å². The predicted octanol–water partition coefficient (Wildman–Crippen LogP) is 5.08. The Hall–Kier alpha value is -1.30. The maximum atomic E-state index is 2.47. The topological polar surface area (TPSA) is 0 Å². The molecule has 0 amide bonds. The van der Waals surface area contributed by atoms with Crippen molar-refractivity contribution in [2.75, 3.05) is 0 Å². The summed E-state index contributed by atoms with van der Waals surface area (Å²) >= 11 is 0. The molecule has 3 aliphatic carbocycles. The summed E-state index contributed by atoms with van der Waals surface area (Å²) in [6, 6.07) is 10.7. The van der Waals surface area contributed by atoms with E-state index in [1.807, 2.05) is 0 Å². The van der Waals surface area contributed by atoms with Crippen molar-refractivity contribution in [2.24, 2.45) is 17.3 Å². The molecule has 0 heteroatoms. The summed E-state index contributed by atoms with van der Waals surface area (Å²) in [5, 5.41) is 0. The Morgan fingerprint density at radius 3 is 2.56 bits per heavy atom. The zero-order valence-electron chi connectivity index (χ0n) is 11.6. The molecule has 18 heavy (non-hydrogen) atoms. The van der Waals surface area contributed by atoms with Crippen LogP contribution in [0.15, 0.2) is 48.1 Å². The van der Waals surface area contributed by atoms with Crippen molar-refractivity contribution >= 4 is 5.57 Å². The molecule has 2 unspecified atom stereocenters. The lowest BCUT2D eigenvalue weighted by Crippen LogP contribution is -2.47. The molecule has 1 saturated carbocycles. The molecule has 1 aromatic carbocycles. The lowest BCUT2D eigenvalue weighted by molar-refractivity contribution is -0.00325. The van der Waals surface area contributed by atoms with Gasteiger partial charge < -0.3 is 0 Å². The molecule has 1 aromatic rings. The van der Waals surface area contributed by atoms with Crippen LogP contribution in [0.5, 0.6) is 0 Å². The summed E-state index contributed by atoms with van der Waals surface area (Å²) < 4.78 is 0.